The van der Waals surface area contributed by atoms with E-state index in [2.05, 4.69) is 80.4 Å². The highest BCUT2D eigenvalue weighted by Gasteiger charge is 2.47. The van der Waals surface area contributed by atoms with Crippen LogP contribution in [-0.2, 0) is 10.0 Å². The van der Waals surface area contributed by atoms with Crippen LogP contribution in [0.25, 0.3) is 6.08 Å². The zero-order valence-electron chi connectivity index (χ0n) is 13.3. The van der Waals surface area contributed by atoms with E-state index in [0.717, 1.165) is 6.42 Å². The smallest absolute Gasteiger partial charge is 0.220 e. The molecule has 22 heavy (non-hydrogen) atoms. The molecule has 1 atom stereocenters. The van der Waals surface area contributed by atoms with Gasteiger partial charge in [-0.1, -0.05) is 66.7 Å². The van der Waals surface area contributed by atoms with E-state index < -0.39 is 8.32 Å². The topological polar surface area (TPSA) is 9.23 Å². The largest absolute Gasteiger partial charge is 0.400 e. The van der Waals surface area contributed by atoms with Crippen molar-refractivity contribution in [1.82, 2.24) is 0 Å². The minimum Gasteiger partial charge on any atom is -0.400 e. The molecule has 0 bridgehead atoms. The fourth-order valence-corrected chi connectivity index (χ4v) is 6.02. The predicted molar refractivity (Wildman–Crippen MR) is 96.6 cm³/mol. The van der Waals surface area contributed by atoms with Crippen molar-refractivity contribution in [2.24, 2.45) is 0 Å². The van der Waals surface area contributed by atoms with Crippen molar-refractivity contribution in [3.05, 3.63) is 84.5 Å². The molecule has 1 aliphatic rings. The molecule has 2 aromatic carbocycles. The van der Waals surface area contributed by atoms with Gasteiger partial charge in [-0.3, -0.25) is 0 Å². The van der Waals surface area contributed by atoms with Gasteiger partial charge in [0.2, 0.25) is 8.32 Å². The number of rotatable bonds is 4. The van der Waals surface area contributed by atoms with Crippen LogP contribution in [0.5, 0.6) is 0 Å². The Morgan fingerprint density at radius 1 is 1.05 bits per heavy atom. The normalized spacial score (nSPS) is 22.6. The van der Waals surface area contributed by atoms with Gasteiger partial charge in [0.1, 0.15) is 5.60 Å². The predicted octanol–water partition coefficient (Wildman–Crippen LogP) is 4.61. The van der Waals surface area contributed by atoms with Gasteiger partial charge in [0.15, 0.2) is 0 Å². The zero-order valence-corrected chi connectivity index (χ0v) is 14.3. The van der Waals surface area contributed by atoms with E-state index in [9.17, 15) is 0 Å². The van der Waals surface area contributed by atoms with Crippen molar-refractivity contribution in [2.45, 2.75) is 25.1 Å². The zero-order chi connectivity index (χ0) is 15.6. The van der Waals surface area contributed by atoms with Crippen molar-refractivity contribution < 1.29 is 4.43 Å². The van der Waals surface area contributed by atoms with Crippen LogP contribution in [-0.4, -0.2) is 8.32 Å². The minimum atomic E-state index is -1.87. The molecule has 0 saturated heterocycles. The molecule has 0 aliphatic carbocycles. The number of hydrogen-bond donors (Lipinski definition) is 0. The van der Waals surface area contributed by atoms with Crippen molar-refractivity contribution in [3.8, 4) is 0 Å². The van der Waals surface area contributed by atoms with Crippen LogP contribution >= 0.6 is 0 Å². The fraction of sp³-hybridized carbons (Fsp3) is 0.200. The molecule has 112 valence electrons. The maximum absolute atomic E-state index is 6.65. The summed E-state index contributed by atoms with van der Waals surface area (Å²) in [4.78, 5) is 0. The van der Waals surface area contributed by atoms with Crippen molar-refractivity contribution in [1.29, 1.82) is 0 Å². The Morgan fingerprint density at radius 3 is 2.45 bits per heavy atom. The van der Waals surface area contributed by atoms with Crippen LogP contribution in [0, 0.1) is 0 Å². The molecular formula is C20H22OSi. The average molecular weight is 306 g/mol. The van der Waals surface area contributed by atoms with Crippen LogP contribution in [0.15, 0.2) is 73.3 Å². The van der Waals surface area contributed by atoms with E-state index in [0.29, 0.717) is 0 Å². The maximum atomic E-state index is 6.65. The summed E-state index contributed by atoms with van der Waals surface area (Å²) >= 11 is 0. The molecule has 3 rings (SSSR count). The Labute approximate surface area is 134 Å². The number of hydrogen-bond acceptors (Lipinski definition) is 1. The molecule has 1 nitrogen and oxygen atoms in total. The molecule has 0 fully saturated rings. The molecule has 0 aromatic heterocycles. The number of benzene rings is 2. The third-order valence-electron chi connectivity index (χ3n) is 4.26. The minimum absolute atomic E-state index is 0.371. The highest BCUT2D eigenvalue weighted by atomic mass is 28.4. The highest BCUT2D eigenvalue weighted by Crippen LogP contribution is 2.40. The van der Waals surface area contributed by atoms with Gasteiger partial charge in [0.05, 0.1) is 0 Å². The average Bonchev–Trinajstić information content (AvgIpc) is 2.75. The van der Waals surface area contributed by atoms with Crippen LogP contribution in [0.3, 0.4) is 0 Å². The molecule has 0 N–H and O–H groups in total. The molecular weight excluding hydrogens is 284 g/mol. The van der Waals surface area contributed by atoms with Gasteiger partial charge >= 0.3 is 0 Å². The first-order valence-electron chi connectivity index (χ1n) is 7.73. The lowest BCUT2D eigenvalue weighted by atomic mass is 9.89. The van der Waals surface area contributed by atoms with Crippen molar-refractivity contribution >= 4 is 19.6 Å². The van der Waals surface area contributed by atoms with Crippen molar-refractivity contribution in [2.75, 3.05) is 0 Å². The van der Waals surface area contributed by atoms with E-state index in [1.807, 2.05) is 12.1 Å². The van der Waals surface area contributed by atoms with E-state index in [1.165, 1.54) is 16.3 Å². The SMILES string of the molecule is C=CC[C@@]1(/C=C/c2ccccc2)O[Si](C)(C)c2ccccc21. The summed E-state index contributed by atoms with van der Waals surface area (Å²) < 4.78 is 6.65. The summed E-state index contributed by atoms with van der Waals surface area (Å²) in [6, 6.07) is 19.0. The highest BCUT2D eigenvalue weighted by molar-refractivity contribution is 6.85. The van der Waals surface area contributed by atoms with Crippen LogP contribution in [0.4, 0.5) is 0 Å². The molecule has 0 saturated carbocycles. The Hall–Kier alpha value is -1.90. The summed E-state index contributed by atoms with van der Waals surface area (Å²) in [5.41, 5.74) is 2.13. The second kappa shape index (κ2) is 5.71. The first kappa shape index (κ1) is 15.0. The Bertz CT molecular complexity index is 703. The second-order valence-corrected chi connectivity index (χ2v) is 10.0. The number of fused-ring (bicyclic) bond motifs is 1. The van der Waals surface area contributed by atoms with Crippen molar-refractivity contribution in [3.63, 3.8) is 0 Å². The van der Waals surface area contributed by atoms with Gasteiger partial charge in [-0.25, -0.2) is 0 Å². The molecule has 1 heterocycles. The molecule has 0 unspecified atom stereocenters. The summed E-state index contributed by atoms with van der Waals surface area (Å²) in [7, 11) is -1.87. The summed E-state index contributed by atoms with van der Waals surface area (Å²) in [6.07, 6.45) is 7.13. The van der Waals surface area contributed by atoms with Crippen LogP contribution < -0.4 is 5.19 Å². The molecule has 2 aromatic rings. The Balaban J connectivity index is 2.07. The van der Waals surface area contributed by atoms with Gasteiger partial charge in [0, 0.05) is 6.42 Å². The third kappa shape index (κ3) is 2.60. The van der Waals surface area contributed by atoms with E-state index in [1.54, 1.807) is 0 Å². The molecule has 0 radical (unpaired) electrons. The second-order valence-electron chi connectivity index (χ2n) is 6.28. The maximum Gasteiger partial charge on any atom is 0.220 e. The molecule has 2 heteroatoms. The standard InChI is InChI=1S/C20H22OSi/c1-4-15-20(16-14-17-10-6-5-7-11-17)18-12-8-9-13-19(18)22(2,3)21-20/h4-14,16H,1,15H2,2-3H3/b16-14+/t20-/m0/s1. The van der Waals surface area contributed by atoms with Gasteiger partial charge in [-0.2, -0.15) is 0 Å². The lowest BCUT2D eigenvalue weighted by Gasteiger charge is -2.29. The van der Waals surface area contributed by atoms with E-state index in [4.69, 9.17) is 4.43 Å². The fourth-order valence-electron chi connectivity index (χ4n) is 3.30. The first-order valence-corrected chi connectivity index (χ1v) is 10.6. The molecule has 0 amide bonds. The van der Waals surface area contributed by atoms with Gasteiger partial charge in [-0.05, 0) is 35.5 Å². The monoisotopic (exact) mass is 306 g/mol. The Morgan fingerprint density at radius 2 is 1.73 bits per heavy atom. The van der Waals surface area contributed by atoms with Crippen LogP contribution in [0.1, 0.15) is 17.5 Å². The molecule has 0 spiro atoms. The van der Waals surface area contributed by atoms with Gasteiger partial charge in [0.25, 0.3) is 0 Å². The summed E-state index contributed by atoms with van der Waals surface area (Å²) in [6.45, 7) is 8.49. The summed E-state index contributed by atoms with van der Waals surface area (Å²) in [5, 5.41) is 1.40. The lowest BCUT2D eigenvalue weighted by molar-refractivity contribution is 0.132. The van der Waals surface area contributed by atoms with Gasteiger partial charge < -0.3 is 4.43 Å². The first-order chi connectivity index (χ1) is 10.6. The Kier molecular flexibility index (Phi) is 3.90. The molecule has 1 aliphatic heterocycles. The lowest BCUT2D eigenvalue weighted by Crippen LogP contribution is -2.40. The van der Waals surface area contributed by atoms with E-state index in [-0.39, 0.29) is 5.60 Å². The quantitative estimate of drug-likeness (QED) is 0.592. The van der Waals surface area contributed by atoms with E-state index >= 15 is 0 Å². The summed E-state index contributed by atoms with van der Waals surface area (Å²) in [5.74, 6) is 0. The third-order valence-corrected chi connectivity index (χ3v) is 6.87. The van der Waals surface area contributed by atoms with Crippen LogP contribution in [0.2, 0.25) is 13.1 Å². The van der Waals surface area contributed by atoms with Gasteiger partial charge in [-0.15, -0.1) is 6.58 Å².